The van der Waals surface area contributed by atoms with E-state index in [4.69, 9.17) is 5.73 Å². The number of imidazole rings is 1. The molecule has 0 saturated heterocycles. The van der Waals surface area contributed by atoms with Gasteiger partial charge in [-0.25, -0.2) is 4.98 Å². The number of amides is 1. The number of hydrogen-bond acceptors (Lipinski definition) is 7. The van der Waals surface area contributed by atoms with Gasteiger partial charge >= 0.3 is 0 Å². The van der Waals surface area contributed by atoms with Crippen LogP contribution in [0.25, 0.3) is 11.2 Å². The van der Waals surface area contributed by atoms with Crippen molar-refractivity contribution in [2.45, 2.75) is 6.54 Å². The summed E-state index contributed by atoms with van der Waals surface area (Å²) in [5, 5.41) is 16.5. The third-order valence-electron chi connectivity index (χ3n) is 3.10. The Morgan fingerprint density at radius 1 is 1.48 bits per heavy atom. The molecule has 0 radical (unpaired) electrons. The molecular weight excluding hydrogens is 368 g/mol. The zero-order valence-corrected chi connectivity index (χ0v) is 13.6. The first-order valence-electron chi connectivity index (χ1n) is 6.60. The predicted octanol–water partition coefficient (Wildman–Crippen LogP) is 0.0401. The average Bonchev–Trinajstić information content (AvgIpc) is 3.02. The number of nitrogens with two attached hydrogens (primary N) is 1. The molecule has 11 heteroatoms. The van der Waals surface area contributed by atoms with Crippen molar-refractivity contribution in [1.82, 2.24) is 34.6 Å². The van der Waals surface area contributed by atoms with Crippen LogP contribution in [0.1, 0.15) is 10.5 Å². The molecule has 0 bridgehead atoms. The zero-order chi connectivity index (χ0) is 16.6. The van der Waals surface area contributed by atoms with Crippen LogP contribution >= 0.6 is 15.9 Å². The van der Waals surface area contributed by atoms with Crippen molar-refractivity contribution in [2.24, 2.45) is 7.05 Å². The van der Waals surface area contributed by atoms with Crippen LogP contribution in [-0.4, -0.2) is 46.9 Å². The highest BCUT2D eigenvalue weighted by atomic mass is 79.9. The number of carbonyl (C=O) groups is 1. The van der Waals surface area contributed by atoms with Crippen molar-refractivity contribution in [3.63, 3.8) is 0 Å². The highest BCUT2D eigenvalue weighted by Gasteiger charge is 2.15. The summed E-state index contributed by atoms with van der Waals surface area (Å²) in [6.07, 6.45) is 3.20. The lowest BCUT2D eigenvalue weighted by molar-refractivity contribution is 0.0946. The second kappa shape index (κ2) is 5.83. The van der Waals surface area contributed by atoms with Gasteiger partial charge in [-0.05, 0) is 15.9 Å². The second-order valence-corrected chi connectivity index (χ2v) is 5.63. The molecule has 0 aliphatic heterocycles. The van der Waals surface area contributed by atoms with Crippen LogP contribution < -0.4 is 11.1 Å². The van der Waals surface area contributed by atoms with Gasteiger partial charge in [0.1, 0.15) is 0 Å². The topological polar surface area (TPSA) is 137 Å². The van der Waals surface area contributed by atoms with Gasteiger partial charge in [-0.3, -0.25) is 9.48 Å². The van der Waals surface area contributed by atoms with E-state index in [-0.39, 0.29) is 23.3 Å². The fraction of sp³-hybridized carbons (Fsp3) is 0.250. The maximum absolute atomic E-state index is 12.1. The van der Waals surface area contributed by atoms with Gasteiger partial charge in [0.05, 0.1) is 10.8 Å². The first kappa shape index (κ1) is 15.2. The van der Waals surface area contributed by atoms with E-state index < -0.39 is 0 Å². The number of aromatic nitrogens is 6. The Labute approximate surface area is 138 Å². The van der Waals surface area contributed by atoms with Crippen LogP contribution in [0.15, 0.2) is 17.0 Å². The van der Waals surface area contributed by atoms with Crippen molar-refractivity contribution >= 4 is 38.9 Å². The summed E-state index contributed by atoms with van der Waals surface area (Å²) >= 11 is 3.28. The lowest BCUT2D eigenvalue weighted by atomic mass is 10.4. The molecule has 0 fully saturated rings. The van der Waals surface area contributed by atoms with Gasteiger partial charge in [-0.15, -0.1) is 0 Å². The molecule has 10 nitrogen and oxygen atoms in total. The van der Waals surface area contributed by atoms with Crippen LogP contribution in [0.2, 0.25) is 0 Å². The molecule has 0 aliphatic rings. The molecule has 3 aromatic rings. The number of halogens is 1. The Hall–Kier alpha value is -2.69. The molecule has 3 rings (SSSR count). The quantitative estimate of drug-likeness (QED) is 0.580. The molecule has 0 saturated carbocycles. The first-order chi connectivity index (χ1) is 11.0. The first-order valence-corrected chi connectivity index (χ1v) is 7.39. The van der Waals surface area contributed by atoms with Crippen molar-refractivity contribution < 1.29 is 9.90 Å². The Kier molecular flexibility index (Phi) is 3.86. The fourth-order valence-corrected chi connectivity index (χ4v) is 2.65. The number of fused-ring (bicyclic) bond motifs is 1. The Balaban J connectivity index is 1.69. The van der Waals surface area contributed by atoms with Gasteiger partial charge < -0.3 is 20.7 Å². The number of carbonyl (C=O) groups excluding carboxylic acids is 1. The molecule has 23 heavy (non-hydrogen) atoms. The van der Waals surface area contributed by atoms with Gasteiger partial charge in [-0.1, -0.05) is 0 Å². The lowest BCUT2D eigenvalue weighted by Gasteiger charge is -2.06. The number of aromatic hydroxyl groups is 1. The van der Waals surface area contributed by atoms with E-state index in [1.807, 2.05) is 0 Å². The van der Waals surface area contributed by atoms with Crippen LogP contribution in [0.4, 0.5) is 5.95 Å². The number of nitrogens with zero attached hydrogens (tertiary/aromatic N) is 6. The third-order valence-corrected chi connectivity index (χ3v) is 3.68. The molecule has 0 unspecified atom stereocenters. The van der Waals surface area contributed by atoms with Crippen LogP contribution in [0.3, 0.4) is 0 Å². The summed E-state index contributed by atoms with van der Waals surface area (Å²) < 4.78 is 3.84. The lowest BCUT2D eigenvalue weighted by Crippen LogP contribution is -2.28. The van der Waals surface area contributed by atoms with E-state index in [9.17, 15) is 9.90 Å². The molecule has 0 aliphatic carbocycles. The minimum atomic E-state index is -0.293. The molecule has 1 amide bonds. The summed E-state index contributed by atoms with van der Waals surface area (Å²) in [6, 6.07) is 0. The van der Waals surface area contributed by atoms with E-state index in [1.54, 1.807) is 22.5 Å². The van der Waals surface area contributed by atoms with Crippen LogP contribution in [0.5, 0.6) is 5.88 Å². The van der Waals surface area contributed by atoms with Crippen LogP contribution in [0, 0.1) is 0 Å². The van der Waals surface area contributed by atoms with Gasteiger partial charge in [0.15, 0.2) is 16.9 Å². The maximum atomic E-state index is 12.1. The molecule has 120 valence electrons. The Morgan fingerprint density at radius 3 is 2.96 bits per heavy atom. The summed E-state index contributed by atoms with van der Waals surface area (Å²) in [4.78, 5) is 23.8. The SMILES string of the molecule is Cn1cc(Br)c(C(=O)NCCn2cnc3c(O)nc(N)nc32)n1. The molecule has 0 aromatic carbocycles. The molecule has 3 heterocycles. The number of nitrogen functional groups attached to an aromatic ring is 1. The monoisotopic (exact) mass is 380 g/mol. The minimum absolute atomic E-state index is 0.0433. The number of aryl methyl sites for hydroxylation is 1. The van der Waals surface area contributed by atoms with Gasteiger partial charge in [0.2, 0.25) is 11.8 Å². The summed E-state index contributed by atoms with van der Waals surface area (Å²) in [5.74, 6) is -0.607. The number of rotatable bonds is 4. The van der Waals surface area contributed by atoms with Crippen molar-refractivity contribution in [1.29, 1.82) is 0 Å². The fourth-order valence-electron chi connectivity index (χ4n) is 2.10. The van der Waals surface area contributed by atoms with E-state index in [0.717, 1.165) is 0 Å². The normalized spacial score (nSPS) is 11.0. The molecule has 4 N–H and O–H groups in total. The third kappa shape index (κ3) is 2.95. The van der Waals surface area contributed by atoms with Crippen molar-refractivity contribution in [3.8, 4) is 5.88 Å². The van der Waals surface area contributed by atoms with Crippen molar-refractivity contribution in [2.75, 3.05) is 12.3 Å². The smallest absolute Gasteiger partial charge is 0.273 e. The summed E-state index contributed by atoms with van der Waals surface area (Å²) in [5.41, 5.74) is 6.50. The number of anilines is 1. The second-order valence-electron chi connectivity index (χ2n) is 4.77. The maximum Gasteiger partial charge on any atom is 0.273 e. The Morgan fingerprint density at radius 2 is 2.26 bits per heavy atom. The van der Waals surface area contributed by atoms with E-state index >= 15 is 0 Å². The highest BCUT2D eigenvalue weighted by molar-refractivity contribution is 9.10. The molecule has 0 spiro atoms. The molecule has 0 atom stereocenters. The van der Waals surface area contributed by atoms with E-state index in [2.05, 4.69) is 41.3 Å². The Bertz CT molecular complexity index is 887. The minimum Gasteiger partial charge on any atom is -0.492 e. The molecular formula is C12H13BrN8O2. The largest absolute Gasteiger partial charge is 0.492 e. The van der Waals surface area contributed by atoms with Gasteiger partial charge in [0, 0.05) is 26.3 Å². The number of hydrogen-bond donors (Lipinski definition) is 3. The summed E-state index contributed by atoms with van der Waals surface area (Å²) in [7, 11) is 1.73. The highest BCUT2D eigenvalue weighted by Crippen LogP contribution is 2.20. The standard InChI is InChI=1S/C12H13BrN8O2/c1-20-4-6(13)7(19-20)10(22)15-2-3-21-5-16-8-9(21)17-12(14)18-11(8)23/h4-5H,2-3H2,1H3,(H,15,22)(H3,14,17,18,23). The number of nitrogens with one attached hydrogen (secondary N) is 1. The van der Waals surface area contributed by atoms with E-state index in [1.165, 1.54) is 6.33 Å². The van der Waals surface area contributed by atoms with E-state index in [0.29, 0.717) is 28.9 Å². The summed E-state index contributed by atoms with van der Waals surface area (Å²) in [6.45, 7) is 0.737. The predicted molar refractivity (Wildman–Crippen MR) is 84.6 cm³/mol. The van der Waals surface area contributed by atoms with Gasteiger partial charge in [0.25, 0.3) is 5.91 Å². The average molecular weight is 381 g/mol. The zero-order valence-electron chi connectivity index (χ0n) is 12.1. The van der Waals surface area contributed by atoms with Gasteiger partial charge in [-0.2, -0.15) is 15.1 Å². The van der Waals surface area contributed by atoms with Crippen molar-refractivity contribution in [3.05, 3.63) is 22.7 Å². The molecule has 3 aromatic heterocycles. The van der Waals surface area contributed by atoms with Crippen LogP contribution in [-0.2, 0) is 13.6 Å².